The van der Waals surface area contributed by atoms with Crippen LogP contribution in [0.15, 0.2) is 23.8 Å². The number of hydrogen-bond donors (Lipinski definition) is 1. The summed E-state index contributed by atoms with van der Waals surface area (Å²) in [4.78, 5) is 24.7. The van der Waals surface area contributed by atoms with Gasteiger partial charge in [-0.15, -0.1) is 0 Å². The molecule has 176 valence electrons. The van der Waals surface area contributed by atoms with Crippen LogP contribution in [-0.2, 0) is 23.8 Å². The van der Waals surface area contributed by atoms with Crippen molar-refractivity contribution in [1.82, 2.24) is 0 Å². The fourth-order valence-electron chi connectivity index (χ4n) is 8.07. The number of allylic oxidation sites excluding steroid dienone is 4. The minimum absolute atomic E-state index is 0.107. The maximum Gasteiger partial charge on any atom is 0.338 e. The number of aliphatic hydroxyl groups is 1. The van der Waals surface area contributed by atoms with Crippen molar-refractivity contribution in [3.05, 3.63) is 23.8 Å². The quantitative estimate of drug-likeness (QED) is 0.619. The Labute approximate surface area is 188 Å². The fraction of sp³-hybridized carbons (Fsp3) is 0.760. The molecule has 0 aromatic rings. The molecule has 5 aliphatic rings. The van der Waals surface area contributed by atoms with E-state index in [1.54, 1.807) is 26.8 Å². The highest BCUT2D eigenvalue weighted by molar-refractivity contribution is 6.01. The highest BCUT2D eigenvalue weighted by Crippen LogP contribution is 2.72. The van der Waals surface area contributed by atoms with E-state index in [4.69, 9.17) is 14.2 Å². The van der Waals surface area contributed by atoms with Gasteiger partial charge in [0.25, 0.3) is 0 Å². The van der Waals surface area contributed by atoms with Crippen molar-refractivity contribution < 1.29 is 33.3 Å². The molecular formula is C25H33FO6. The second-order valence-electron chi connectivity index (χ2n) is 11.2. The molecule has 0 radical (unpaired) electrons. The summed E-state index contributed by atoms with van der Waals surface area (Å²) in [6, 6.07) is 0. The molecule has 1 heterocycles. The van der Waals surface area contributed by atoms with E-state index in [-0.39, 0.29) is 18.1 Å². The van der Waals surface area contributed by atoms with Crippen molar-refractivity contribution in [3.63, 3.8) is 0 Å². The number of ether oxygens (including phenoxy) is 3. The number of hydrogen-bond acceptors (Lipinski definition) is 6. The first kappa shape index (κ1) is 22.2. The summed E-state index contributed by atoms with van der Waals surface area (Å²) >= 11 is 0. The molecule has 4 aliphatic carbocycles. The van der Waals surface area contributed by atoms with Crippen LogP contribution in [0, 0.1) is 22.7 Å². The highest BCUT2D eigenvalue weighted by atomic mass is 19.1. The molecule has 1 saturated heterocycles. The van der Waals surface area contributed by atoms with Crippen LogP contribution in [0.2, 0.25) is 0 Å². The van der Waals surface area contributed by atoms with Crippen molar-refractivity contribution in [3.8, 4) is 0 Å². The topological polar surface area (TPSA) is 82.1 Å². The maximum atomic E-state index is 17.2. The zero-order chi connectivity index (χ0) is 23.3. The Hall–Kier alpha value is -1.57. The molecular weight excluding hydrogens is 415 g/mol. The Kier molecular flexibility index (Phi) is 4.53. The molecule has 3 saturated carbocycles. The molecule has 0 bridgehead atoms. The first-order valence-electron chi connectivity index (χ1n) is 11.6. The summed E-state index contributed by atoms with van der Waals surface area (Å²) in [5.74, 6) is -2.16. The van der Waals surface area contributed by atoms with E-state index in [1.807, 2.05) is 6.92 Å². The average Bonchev–Trinajstić information content (AvgIpc) is 3.16. The number of ketones is 1. The summed E-state index contributed by atoms with van der Waals surface area (Å²) in [6.45, 7) is 7.37. The number of carbonyl (C=O) groups excluding carboxylic acids is 2. The number of alkyl halides is 1. The second-order valence-corrected chi connectivity index (χ2v) is 11.2. The summed E-state index contributed by atoms with van der Waals surface area (Å²) in [6.07, 6.45) is 4.91. The first-order valence-corrected chi connectivity index (χ1v) is 11.6. The number of esters is 1. The monoisotopic (exact) mass is 448 g/mol. The van der Waals surface area contributed by atoms with Crippen molar-refractivity contribution in [2.75, 3.05) is 7.11 Å². The minimum atomic E-state index is -1.90. The normalized spacial score (nSPS) is 51.1. The van der Waals surface area contributed by atoms with Gasteiger partial charge in [-0.2, -0.15) is 0 Å². The van der Waals surface area contributed by atoms with Gasteiger partial charge in [0.2, 0.25) is 0 Å². The van der Waals surface area contributed by atoms with Gasteiger partial charge < -0.3 is 19.3 Å². The lowest BCUT2D eigenvalue weighted by Crippen LogP contribution is -2.69. The van der Waals surface area contributed by atoms with E-state index < -0.39 is 52.0 Å². The van der Waals surface area contributed by atoms with Gasteiger partial charge in [0.15, 0.2) is 23.3 Å². The molecule has 32 heavy (non-hydrogen) atoms. The van der Waals surface area contributed by atoms with Gasteiger partial charge in [0.1, 0.15) is 5.60 Å². The van der Waals surface area contributed by atoms with E-state index in [2.05, 4.69) is 0 Å². The van der Waals surface area contributed by atoms with Crippen LogP contribution in [0.4, 0.5) is 4.39 Å². The molecule has 0 aromatic heterocycles. The number of aliphatic hydroxyl groups excluding tert-OH is 1. The van der Waals surface area contributed by atoms with E-state index in [1.165, 1.54) is 19.3 Å². The summed E-state index contributed by atoms with van der Waals surface area (Å²) in [5.41, 5.74) is -3.85. The molecule has 1 aliphatic heterocycles. The second kappa shape index (κ2) is 6.51. The number of halogens is 1. The summed E-state index contributed by atoms with van der Waals surface area (Å²) in [7, 11) is 1.33. The first-order chi connectivity index (χ1) is 14.8. The third-order valence-corrected chi connectivity index (χ3v) is 9.49. The largest absolute Gasteiger partial charge is 0.467 e. The van der Waals surface area contributed by atoms with E-state index in [0.29, 0.717) is 25.7 Å². The highest BCUT2D eigenvalue weighted by Gasteiger charge is 2.77. The molecule has 4 fully saturated rings. The number of fused-ring (bicyclic) bond motifs is 6. The smallest absolute Gasteiger partial charge is 0.338 e. The van der Waals surface area contributed by atoms with Crippen LogP contribution in [0.3, 0.4) is 0 Å². The molecule has 0 amide bonds. The van der Waals surface area contributed by atoms with Gasteiger partial charge in [-0.05, 0) is 70.9 Å². The zero-order valence-electron chi connectivity index (χ0n) is 19.4. The third-order valence-electron chi connectivity index (χ3n) is 9.49. The SMILES string of the molecule is COC(=O)[C@H]1OC(C)(C)O[C@@]12CC[C@H]1[C@@H]3CCC4=CC(=O)C=C[C@]4(C)[C@@]3(F)[C@@H](O)C[C@@]12C. The Morgan fingerprint density at radius 3 is 2.62 bits per heavy atom. The lowest BCUT2D eigenvalue weighted by Gasteiger charge is -2.63. The maximum absolute atomic E-state index is 17.2. The van der Waals surface area contributed by atoms with Crippen molar-refractivity contribution in [1.29, 1.82) is 0 Å². The van der Waals surface area contributed by atoms with Crippen LogP contribution in [0.5, 0.6) is 0 Å². The predicted molar refractivity (Wildman–Crippen MR) is 113 cm³/mol. The van der Waals surface area contributed by atoms with E-state index in [9.17, 15) is 14.7 Å². The molecule has 1 spiro atoms. The van der Waals surface area contributed by atoms with E-state index >= 15 is 4.39 Å². The Morgan fingerprint density at radius 1 is 1.22 bits per heavy atom. The Bertz CT molecular complexity index is 941. The van der Waals surface area contributed by atoms with Crippen LogP contribution in [0.25, 0.3) is 0 Å². The number of methoxy groups -OCH3 is 1. The van der Waals surface area contributed by atoms with Gasteiger partial charge in [0, 0.05) is 16.7 Å². The Morgan fingerprint density at radius 2 is 1.94 bits per heavy atom. The molecule has 0 aromatic carbocycles. The predicted octanol–water partition coefficient (Wildman–Crippen LogP) is 3.42. The van der Waals surface area contributed by atoms with Crippen LogP contribution >= 0.6 is 0 Å². The average molecular weight is 449 g/mol. The van der Waals surface area contributed by atoms with Crippen LogP contribution < -0.4 is 0 Å². The Balaban J connectivity index is 1.60. The standard InChI is InChI=1S/C25H33FO6/c1-21(2)31-19(20(29)30-5)24(32-21)11-9-16-17-7-6-14-12-15(27)8-10-22(14,3)25(17,26)18(28)13-23(16,24)4/h8,10,12,16-19,28H,6-7,9,11,13H2,1-5H3/t16-,17-,18-,19+,22-,23-,24-,25-/m0/s1. The lowest BCUT2D eigenvalue weighted by molar-refractivity contribution is -0.236. The van der Waals surface area contributed by atoms with Gasteiger partial charge in [-0.1, -0.05) is 18.6 Å². The molecule has 6 nitrogen and oxygen atoms in total. The van der Waals surface area contributed by atoms with Crippen LogP contribution in [0.1, 0.15) is 59.8 Å². The van der Waals surface area contributed by atoms with Gasteiger partial charge >= 0.3 is 5.97 Å². The van der Waals surface area contributed by atoms with Crippen molar-refractivity contribution in [2.45, 2.75) is 89.1 Å². The summed E-state index contributed by atoms with van der Waals surface area (Å²) < 4.78 is 34.8. The minimum Gasteiger partial charge on any atom is -0.467 e. The summed E-state index contributed by atoms with van der Waals surface area (Å²) in [5, 5.41) is 11.5. The zero-order valence-corrected chi connectivity index (χ0v) is 19.4. The molecule has 1 N–H and O–H groups in total. The van der Waals surface area contributed by atoms with Crippen molar-refractivity contribution >= 4 is 11.8 Å². The van der Waals surface area contributed by atoms with Gasteiger partial charge in [-0.25, -0.2) is 9.18 Å². The van der Waals surface area contributed by atoms with Gasteiger partial charge in [-0.3, -0.25) is 4.79 Å². The van der Waals surface area contributed by atoms with E-state index in [0.717, 1.165) is 5.57 Å². The molecule has 8 atom stereocenters. The molecule has 5 rings (SSSR count). The molecule has 7 heteroatoms. The number of rotatable bonds is 1. The molecule has 0 unspecified atom stereocenters. The van der Waals surface area contributed by atoms with Crippen molar-refractivity contribution in [2.24, 2.45) is 22.7 Å². The fourth-order valence-corrected chi connectivity index (χ4v) is 8.07. The van der Waals surface area contributed by atoms with Crippen LogP contribution in [-0.4, -0.2) is 53.2 Å². The third kappa shape index (κ3) is 2.45. The van der Waals surface area contributed by atoms with Gasteiger partial charge in [0.05, 0.1) is 13.2 Å². The number of carbonyl (C=O) groups is 2. The lowest BCUT2D eigenvalue weighted by atomic mass is 9.44.